The monoisotopic (exact) mass is 291 g/mol. The molecule has 0 unspecified atom stereocenters. The second kappa shape index (κ2) is 7.08. The van der Waals surface area contributed by atoms with Crippen molar-refractivity contribution in [2.45, 2.75) is 25.7 Å². The second-order valence-electron chi connectivity index (χ2n) is 5.62. The van der Waals surface area contributed by atoms with Crippen molar-refractivity contribution in [3.63, 3.8) is 0 Å². The smallest absolute Gasteiger partial charge is 0.258 e. The minimum atomic E-state index is 0.0950. The highest BCUT2D eigenvalue weighted by Crippen LogP contribution is 2.25. The van der Waals surface area contributed by atoms with E-state index >= 15 is 0 Å². The Morgan fingerprint density at radius 1 is 0.864 bits per heavy atom. The molecular weight excluding hydrogens is 270 g/mol. The third-order valence-corrected chi connectivity index (χ3v) is 4.06. The highest BCUT2D eigenvalue weighted by atomic mass is 16.2. The fourth-order valence-electron chi connectivity index (χ4n) is 2.87. The van der Waals surface area contributed by atoms with Gasteiger partial charge in [0, 0.05) is 17.8 Å². The first kappa shape index (κ1) is 14.6. The summed E-state index contributed by atoms with van der Waals surface area (Å²) in [5, 5.41) is 0. The molecule has 0 N–H and O–H groups in total. The summed E-state index contributed by atoms with van der Waals surface area (Å²) in [4.78, 5) is 14.9. The van der Waals surface area contributed by atoms with Crippen molar-refractivity contribution >= 4 is 11.6 Å². The summed E-state index contributed by atoms with van der Waals surface area (Å²) >= 11 is 0. The maximum atomic E-state index is 12.9. The van der Waals surface area contributed by atoms with Gasteiger partial charge >= 0.3 is 0 Å². The Labute approximate surface area is 132 Å². The number of benzene rings is 2. The molecule has 3 rings (SSSR count). The zero-order valence-corrected chi connectivity index (χ0v) is 12.7. The van der Waals surface area contributed by atoms with Crippen LogP contribution in [-0.2, 0) is 6.42 Å². The first-order chi connectivity index (χ1) is 10.9. The summed E-state index contributed by atoms with van der Waals surface area (Å²) in [5.41, 5.74) is 3.01. The lowest BCUT2D eigenvalue weighted by Crippen LogP contribution is -2.32. The van der Waals surface area contributed by atoms with E-state index in [9.17, 15) is 4.79 Å². The highest BCUT2D eigenvalue weighted by Gasteiger charge is 2.19. The first-order valence-electron chi connectivity index (χ1n) is 7.96. The SMILES string of the molecule is O=C(c1ccccc1)N1CCCC/C=C\Cc2ccccc21. The predicted molar refractivity (Wildman–Crippen MR) is 91.3 cm³/mol. The lowest BCUT2D eigenvalue weighted by Gasteiger charge is -2.26. The van der Waals surface area contributed by atoms with E-state index < -0.39 is 0 Å². The zero-order valence-electron chi connectivity index (χ0n) is 12.7. The zero-order chi connectivity index (χ0) is 15.2. The van der Waals surface area contributed by atoms with Crippen molar-refractivity contribution in [2.24, 2.45) is 0 Å². The second-order valence-corrected chi connectivity index (χ2v) is 5.62. The molecule has 112 valence electrons. The van der Waals surface area contributed by atoms with Gasteiger partial charge in [-0.3, -0.25) is 4.79 Å². The predicted octanol–water partition coefficient (Wildman–Crippen LogP) is 4.62. The van der Waals surface area contributed by atoms with Gasteiger partial charge in [0.1, 0.15) is 0 Å². The maximum absolute atomic E-state index is 12.9. The molecule has 0 atom stereocenters. The van der Waals surface area contributed by atoms with Crippen LogP contribution in [0.25, 0.3) is 0 Å². The average Bonchev–Trinajstić information content (AvgIpc) is 2.59. The highest BCUT2D eigenvalue weighted by molar-refractivity contribution is 6.06. The molecule has 0 spiro atoms. The van der Waals surface area contributed by atoms with Crippen molar-refractivity contribution in [2.75, 3.05) is 11.4 Å². The number of amides is 1. The van der Waals surface area contributed by atoms with Crippen LogP contribution in [0, 0.1) is 0 Å². The fourth-order valence-corrected chi connectivity index (χ4v) is 2.87. The van der Waals surface area contributed by atoms with E-state index in [0.717, 1.165) is 43.5 Å². The van der Waals surface area contributed by atoms with Crippen LogP contribution in [-0.4, -0.2) is 12.5 Å². The summed E-state index contributed by atoms with van der Waals surface area (Å²) in [6.07, 6.45) is 8.60. The Balaban J connectivity index is 1.98. The number of hydrogen-bond acceptors (Lipinski definition) is 1. The van der Waals surface area contributed by atoms with Crippen molar-refractivity contribution in [1.29, 1.82) is 0 Å². The van der Waals surface area contributed by atoms with E-state index in [-0.39, 0.29) is 5.91 Å². The summed E-state index contributed by atoms with van der Waals surface area (Å²) in [6.45, 7) is 0.776. The van der Waals surface area contributed by atoms with Gasteiger partial charge in [-0.1, -0.05) is 48.6 Å². The maximum Gasteiger partial charge on any atom is 0.258 e. The normalized spacial score (nSPS) is 16.6. The molecule has 0 aromatic heterocycles. The number of para-hydroxylation sites is 1. The molecule has 0 saturated heterocycles. The lowest BCUT2D eigenvalue weighted by atomic mass is 10.0. The number of allylic oxidation sites excluding steroid dienone is 2. The molecule has 1 aliphatic heterocycles. The summed E-state index contributed by atoms with van der Waals surface area (Å²) in [7, 11) is 0. The van der Waals surface area contributed by atoms with Gasteiger partial charge in [-0.2, -0.15) is 0 Å². The summed E-state index contributed by atoms with van der Waals surface area (Å²) in [5.74, 6) is 0.0950. The van der Waals surface area contributed by atoms with Crippen LogP contribution in [0.5, 0.6) is 0 Å². The van der Waals surface area contributed by atoms with Gasteiger partial charge in [-0.15, -0.1) is 0 Å². The molecule has 0 saturated carbocycles. The van der Waals surface area contributed by atoms with Gasteiger partial charge in [0.15, 0.2) is 0 Å². The number of hydrogen-bond donors (Lipinski definition) is 0. The lowest BCUT2D eigenvalue weighted by molar-refractivity contribution is 0.0986. The third-order valence-electron chi connectivity index (χ3n) is 4.06. The van der Waals surface area contributed by atoms with Crippen molar-refractivity contribution in [1.82, 2.24) is 0 Å². The Morgan fingerprint density at radius 2 is 1.64 bits per heavy atom. The van der Waals surface area contributed by atoms with E-state index in [1.165, 1.54) is 5.56 Å². The minimum Gasteiger partial charge on any atom is -0.308 e. The molecule has 0 radical (unpaired) electrons. The Hall–Kier alpha value is -2.35. The summed E-state index contributed by atoms with van der Waals surface area (Å²) in [6, 6.07) is 17.8. The third kappa shape index (κ3) is 3.28. The van der Waals surface area contributed by atoms with Crippen molar-refractivity contribution in [3.8, 4) is 0 Å². The van der Waals surface area contributed by atoms with Gasteiger partial charge < -0.3 is 4.90 Å². The molecule has 2 aromatic carbocycles. The molecule has 2 nitrogen and oxygen atoms in total. The van der Waals surface area contributed by atoms with Crippen LogP contribution >= 0.6 is 0 Å². The van der Waals surface area contributed by atoms with Crippen LogP contribution < -0.4 is 4.90 Å². The molecule has 0 bridgehead atoms. The number of carbonyl (C=O) groups is 1. The van der Waals surface area contributed by atoms with Crippen LogP contribution in [0.2, 0.25) is 0 Å². The van der Waals surface area contributed by atoms with Gasteiger partial charge in [0.2, 0.25) is 0 Å². The molecule has 1 heterocycles. The van der Waals surface area contributed by atoms with E-state index in [2.05, 4.69) is 24.3 Å². The number of anilines is 1. The Morgan fingerprint density at radius 3 is 2.50 bits per heavy atom. The van der Waals surface area contributed by atoms with Gasteiger partial charge in [-0.05, 0) is 49.4 Å². The molecule has 1 amide bonds. The number of rotatable bonds is 1. The van der Waals surface area contributed by atoms with Crippen LogP contribution in [0.3, 0.4) is 0 Å². The Kier molecular flexibility index (Phi) is 4.69. The van der Waals surface area contributed by atoms with Gasteiger partial charge in [0.25, 0.3) is 5.91 Å². The first-order valence-corrected chi connectivity index (χ1v) is 7.96. The van der Waals surface area contributed by atoms with Crippen molar-refractivity contribution in [3.05, 3.63) is 77.9 Å². The number of nitrogens with zero attached hydrogens (tertiary/aromatic N) is 1. The molecule has 1 aliphatic rings. The number of fused-ring (bicyclic) bond motifs is 1. The van der Waals surface area contributed by atoms with Crippen LogP contribution in [0.4, 0.5) is 5.69 Å². The molecule has 0 fully saturated rings. The van der Waals surface area contributed by atoms with E-state index in [4.69, 9.17) is 0 Å². The standard InChI is InChI=1S/C20H21NO/c22-20(18-13-6-4-7-14-18)21-16-10-3-1-2-5-11-17-12-8-9-15-19(17)21/h2,4-9,12-15H,1,3,10-11,16H2/b5-2-. The van der Waals surface area contributed by atoms with Crippen LogP contribution in [0.1, 0.15) is 35.2 Å². The molecule has 0 aliphatic carbocycles. The van der Waals surface area contributed by atoms with Crippen LogP contribution in [0.15, 0.2) is 66.7 Å². The largest absolute Gasteiger partial charge is 0.308 e. The van der Waals surface area contributed by atoms with E-state index in [0.29, 0.717) is 0 Å². The molecule has 2 aromatic rings. The van der Waals surface area contributed by atoms with E-state index in [1.54, 1.807) is 0 Å². The minimum absolute atomic E-state index is 0.0950. The quantitative estimate of drug-likeness (QED) is 0.702. The van der Waals surface area contributed by atoms with E-state index in [1.807, 2.05) is 47.4 Å². The van der Waals surface area contributed by atoms with Gasteiger partial charge in [0.05, 0.1) is 0 Å². The topological polar surface area (TPSA) is 20.3 Å². The Bertz CT molecular complexity index is 660. The number of carbonyl (C=O) groups excluding carboxylic acids is 1. The average molecular weight is 291 g/mol. The summed E-state index contributed by atoms with van der Waals surface area (Å²) < 4.78 is 0. The molecular formula is C20H21NO. The van der Waals surface area contributed by atoms with Crippen molar-refractivity contribution < 1.29 is 4.79 Å². The molecule has 2 heteroatoms. The molecule has 22 heavy (non-hydrogen) atoms. The van der Waals surface area contributed by atoms with Gasteiger partial charge in [-0.25, -0.2) is 0 Å². The fraction of sp³-hybridized carbons (Fsp3) is 0.250.